The summed E-state index contributed by atoms with van der Waals surface area (Å²) < 4.78 is 17.6. The molecule has 0 heterocycles. The van der Waals surface area contributed by atoms with Gasteiger partial charge in [0.1, 0.15) is 28.2 Å². The Morgan fingerprint density at radius 3 is 2.13 bits per heavy atom. The van der Waals surface area contributed by atoms with Crippen LogP contribution >= 0.6 is 23.2 Å². The minimum atomic E-state index is -0.319. The largest absolute Gasteiger partial charge is 0.493 e. The molecule has 0 saturated heterocycles. The SMILES string of the molecule is CCc1cc(OCC=C(Cl)Cl)cc(CC)c1OCCCCOC(C)=NOC(C)(C)C. The highest BCUT2D eigenvalue weighted by atomic mass is 35.5. The number of hydrogen-bond acceptors (Lipinski definition) is 5. The van der Waals surface area contributed by atoms with Crippen LogP contribution in [0.4, 0.5) is 0 Å². The molecule has 5 nitrogen and oxygen atoms in total. The maximum absolute atomic E-state index is 6.13. The third kappa shape index (κ3) is 11.0. The molecule has 0 aliphatic carbocycles. The molecule has 0 saturated carbocycles. The first-order valence-corrected chi connectivity index (χ1v) is 11.2. The molecule has 0 N–H and O–H groups in total. The molecular formula is C23H35Cl2NO4. The lowest BCUT2D eigenvalue weighted by atomic mass is 10.0. The molecule has 0 bridgehead atoms. The molecule has 1 aromatic carbocycles. The number of oxime groups is 1. The molecule has 0 aromatic heterocycles. The van der Waals surface area contributed by atoms with Crippen LogP contribution in [0.1, 0.15) is 65.5 Å². The van der Waals surface area contributed by atoms with Gasteiger partial charge in [-0.3, -0.25) is 0 Å². The number of nitrogens with zero attached hydrogens (tertiary/aromatic N) is 1. The summed E-state index contributed by atoms with van der Waals surface area (Å²) in [5, 5.41) is 3.98. The molecule has 7 heteroatoms. The van der Waals surface area contributed by atoms with Gasteiger partial charge in [-0.2, -0.15) is 0 Å². The van der Waals surface area contributed by atoms with E-state index in [-0.39, 0.29) is 10.1 Å². The zero-order chi connectivity index (χ0) is 22.6. The second kappa shape index (κ2) is 13.7. The number of aryl methyl sites for hydroxylation is 2. The fraction of sp³-hybridized carbons (Fsp3) is 0.609. The predicted octanol–water partition coefficient (Wildman–Crippen LogP) is 6.83. The highest BCUT2D eigenvalue weighted by molar-refractivity contribution is 6.55. The van der Waals surface area contributed by atoms with Gasteiger partial charge in [-0.05, 0) is 75.8 Å². The van der Waals surface area contributed by atoms with Crippen molar-refractivity contribution >= 4 is 29.1 Å². The topological polar surface area (TPSA) is 49.3 Å². The molecule has 0 unspecified atom stereocenters. The van der Waals surface area contributed by atoms with Crippen molar-refractivity contribution in [3.63, 3.8) is 0 Å². The maximum Gasteiger partial charge on any atom is 0.222 e. The molecule has 1 aromatic rings. The van der Waals surface area contributed by atoms with Gasteiger partial charge in [-0.15, -0.1) is 0 Å². The summed E-state index contributed by atoms with van der Waals surface area (Å²) in [5.74, 6) is 2.28. The van der Waals surface area contributed by atoms with Crippen molar-refractivity contribution in [1.29, 1.82) is 0 Å². The van der Waals surface area contributed by atoms with Gasteiger partial charge in [-0.25, -0.2) is 0 Å². The Hall–Kier alpha value is -1.59. The van der Waals surface area contributed by atoms with Crippen LogP contribution < -0.4 is 9.47 Å². The number of unbranched alkanes of at least 4 members (excludes halogenated alkanes) is 1. The molecule has 0 atom stereocenters. The summed E-state index contributed by atoms with van der Waals surface area (Å²) in [6.45, 7) is 13.4. The zero-order valence-electron chi connectivity index (χ0n) is 19.0. The average molecular weight is 460 g/mol. The van der Waals surface area contributed by atoms with Crippen LogP contribution in [-0.2, 0) is 22.4 Å². The van der Waals surface area contributed by atoms with Crippen LogP contribution in [0.25, 0.3) is 0 Å². The Morgan fingerprint density at radius 2 is 1.60 bits per heavy atom. The Morgan fingerprint density at radius 1 is 1.00 bits per heavy atom. The van der Waals surface area contributed by atoms with E-state index < -0.39 is 0 Å². The van der Waals surface area contributed by atoms with Crippen molar-refractivity contribution in [2.75, 3.05) is 19.8 Å². The van der Waals surface area contributed by atoms with Gasteiger partial charge >= 0.3 is 0 Å². The highest BCUT2D eigenvalue weighted by Gasteiger charge is 2.12. The lowest BCUT2D eigenvalue weighted by Crippen LogP contribution is -2.17. The normalized spacial score (nSPS) is 11.8. The van der Waals surface area contributed by atoms with Crippen molar-refractivity contribution in [3.8, 4) is 11.5 Å². The van der Waals surface area contributed by atoms with Gasteiger partial charge in [0.15, 0.2) is 0 Å². The van der Waals surface area contributed by atoms with E-state index in [1.54, 1.807) is 13.0 Å². The molecule has 0 radical (unpaired) electrons. The molecule has 0 amide bonds. The number of rotatable bonds is 12. The average Bonchev–Trinajstić information content (AvgIpc) is 2.68. The lowest BCUT2D eigenvalue weighted by molar-refractivity contribution is -0.00396. The molecule has 0 spiro atoms. The summed E-state index contributed by atoms with van der Waals surface area (Å²) in [7, 11) is 0. The van der Waals surface area contributed by atoms with Crippen molar-refractivity contribution < 1.29 is 19.0 Å². The first kappa shape index (κ1) is 26.4. The second-order valence-corrected chi connectivity index (χ2v) is 8.81. The molecule has 1 rings (SSSR count). The van der Waals surface area contributed by atoms with E-state index in [0.29, 0.717) is 25.7 Å². The van der Waals surface area contributed by atoms with Crippen LogP contribution in [0.3, 0.4) is 0 Å². The van der Waals surface area contributed by atoms with Gasteiger partial charge < -0.3 is 19.0 Å². The molecule has 0 aliphatic heterocycles. The number of benzene rings is 1. The van der Waals surface area contributed by atoms with Crippen LogP contribution in [0.2, 0.25) is 0 Å². The number of halogens is 2. The Kier molecular flexibility index (Phi) is 12.0. The van der Waals surface area contributed by atoms with E-state index in [9.17, 15) is 0 Å². The molecule has 30 heavy (non-hydrogen) atoms. The van der Waals surface area contributed by atoms with E-state index in [0.717, 1.165) is 48.3 Å². The maximum atomic E-state index is 6.13. The smallest absolute Gasteiger partial charge is 0.222 e. The summed E-state index contributed by atoms with van der Waals surface area (Å²) in [5.41, 5.74) is 1.94. The Balaban J connectivity index is 2.53. The third-order valence-corrected chi connectivity index (χ3v) is 4.32. The van der Waals surface area contributed by atoms with Gasteiger partial charge in [0.05, 0.1) is 13.2 Å². The number of ether oxygens (including phenoxy) is 3. The van der Waals surface area contributed by atoms with Gasteiger partial charge in [0.2, 0.25) is 5.90 Å². The van der Waals surface area contributed by atoms with Gasteiger partial charge in [-0.1, -0.05) is 42.2 Å². The van der Waals surface area contributed by atoms with Gasteiger partial charge in [0.25, 0.3) is 0 Å². The summed E-state index contributed by atoms with van der Waals surface area (Å²) in [4.78, 5) is 5.34. The molecule has 0 aliphatic rings. The minimum absolute atomic E-state index is 0.202. The third-order valence-electron chi connectivity index (χ3n) is 4.01. The zero-order valence-corrected chi connectivity index (χ0v) is 20.5. The standard InChI is InChI=1S/C23H35Cl2NO4/c1-7-18-15-20(28-14-11-21(24)25)16-19(8-2)22(18)29-13-10-9-12-27-17(3)26-30-23(4,5)6/h11,15-16H,7-10,12-14H2,1-6H3. The molecular weight excluding hydrogens is 425 g/mol. The second-order valence-electron chi connectivity index (χ2n) is 7.80. The Bertz CT molecular complexity index is 683. The van der Waals surface area contributed by atoms with Gasteiger partial charge in [0, 0.05) is 6.92 Å². The van der Waals surface area contributed by atoms with Crippen molar-refractivity contribution in [2.45, 2.75) is 72.8 Å². The fourth-order valence-electron chi connectivity index (χ4n) is 2.54. The molecule has 0 fully saturated rings. The minimum Gasteiger partial charge on any atom is -0.493 e. The molecule has 170 valence electrons. The van der Waals surface area contributed by atoms with E-state index in [1.165, 1.54) is 0 Å². The lowest BCUT2D eigenvalue weighted by Gasteiger charge is -2.17. The highest BCUT2D eigenvalue weighted by Crippen LogP contribution is 2.31. The summed E-state index contributed by atoms with van der Waals surface area (Å²) in [6, 6.07) is 4.03. The van der Waals surface area contributed by atoms with E-state index in [2.05, 4.69) is 19.0 Å². The quantitative estimate of drug-likeness (QED) is 0.148. The summed E-state index contributed by atoms with van der Waals surface area (Å²) in [6.07, 6.45) is 5.10. The number of hydrogen-bond donors (Lipinski definition) is 0. The summed E-state index contributed by atoms with van der Waals surface area (Å²) >= 11 is 11.3. The Labute approximate surface area is 191 Å². The van der Waals surface area contributed by atoms with Crippen molar-refractivity contribution in [2.24, 2.45) is 5.16 Å². The van der Waals surface area contributed by atoms with Crippen LogP contribution in [0.15, 0.2) is 27.9 Å². The van der Waals surface area contributed by atoms with E-state index in [1.807, 2.05) is 32.9 Å². The van der Waals surface area contributed by atoms with Crippen LogP contribution in [-0.4, -0.2) is 31.3 Å². The first-order valence-electron chi connectivity index (χ1n) is 10.4. The van der Waals surface area contributed by atoms with Crippen molar-refractivity contribution in [3.05, 3.63) is 33.8 Å². The van der Waals surface area contributed by atoms with Crippen molar-refractivity contribution in [1.82, 2.24) is 0 Å². The monoisotopic (exact) mass is 459 g/mol. The van der Waals surface area contributed by atoms with E-state index >= 15 is 0 Å². The predicted molar refractivity (Wildman–Crippen MR) is 125 cm³/mol. The van der Waals surface area contributed by atoms with E-state index in [4.69, 9.17) is 42.3 Å². The van der Waals surface area contributed by atoms with Crippen LogP contribution in [0.5, 0.6) is 11.5 Å². The first-order chi connectivity index (χ1) is 14.2. The fourth-order valence-corrected chi connectivity index (χ4v) is 2.67. The van der Waals surface area contributed by atoms with Crippen LogP contribution in [0, 0.1) is 0 Å².